The van der Waals surface area contributed by atoms with Crippen LogP contribution in [-0.4, -0.2) is 58.2 Å². The molecular weight excluding hydrogens is 456 g/mol. The number of piperidine rings is 2. The third-order valence-corrected chi connectivity index (χ3v) is 7.62. The van der Waals surface area contributed by atoms with Crippen molar-refractivity contribution in [1.82, 2.24) is 20.5 Å². The minimum Gasteiger partial charge on any atom is -0.358 e. The largest absolute Gasteiger partial charge is 0.358 e. The van der Waals surface area contributed by atoms with Crippen molar-refractivity contribution in [3.05, 3.63) is 35.5 Å². The molecule has 35 heavy (non-hydrogen) atoms. The Labute approximate surface area is 201 Å². The Kier molecular flexibility index (Phi) is 5.74. The lowest BCUT2D eigenvalue weighted by atomic mass is 9.71. The number of nitrogens with one attached hydrogen (secondary N) is 3. The topological polar surface area (TPSA) is 118 Å². The van der Waals surface area contributed by atoms with E-state index in [9.17, 15) is 28.4 Å². The van der Waals surface area contributed by atoms with Crippen LogP contribution in [0.25, 0.3) is 10.9 Å². The number of nitrogens with zero attached hydrogens (tertiary/aromatic N) is 2. The highest BCUT2D eigenvalue weighted by Gasteiger charge is 2.60. The van der Waals surface area contributed by atoms with Gasteiger partial charge in [0.15, 0.2) is 0 Å². The van der Waals surface area contributed by atoms with Crippen molar-refractivity contribution in [3.8, 4) is 6.07 Å². The molecule has 184 valence electrons. The van der Waals surface area contributed by atoms with E-state index in [0.717, 1.165) is 11.1 Å². The Balaban J connectivity index is 1.45. The van der Waals surface area contributed by atoms with Gasteiger partial charge in [0.25, 0.3) is 11.8 Å². The summed E-state index contributed by atoms with van der Waals surface area (Å²) in [5, 5.41) is 15.7. The number of alkyl halides is 2. The van der Waals surface area contributed by atoms with Gasteiger partial charge in [-0.3, -0.25) is 14.4 Å². The highest BCUT2D eigenvalue weighted by molar-refractivity contribution is 6.07. The van der Waals surface area contributed by atoms with Gasteiger partial charge >= 0.3 is 0 Å². The summed E-state index contributed by atoms with van der Waals surface area (Å²) in [7, 11) is 0. The molecule has 1 aromatic carbocycles. The Morgan fingerprint density at radius 2 is 2.11 bits per heavy atom. The fourth-order valence-corrected chi connectivity index (χ4v) is 5.97. The number of para-hydroxylation sites is 1. The number of halogens is 2. The van der Waals surface area contributed by atoms with Gasteiger partial charge in [0.2, 0.25) is 11.8 Å². The maximum atomic E-state index is 15.0. The number of carbonyl (C=O) groups excluding carboxylic acids is 3. The SMILES string of the molecule is Cc1cc2cccc(C(=O)N3[C@H]4CC[C@@H]([C@H]3C(=O)N[C@H](C#N)C[C@H]3CCNC3=O)C(F)(F)C4)c2[nH]1. The molecule has 1 aromatic heterocycles. The first-order valence-corrected chi connectivity index (χ1v) is 12.0. The summed E-state index contributed by atoms with van der Waals surface area (Å²) >= 11 is 0. The number of aromatic nitrogens is 1. The summed E-state index contributed by atoms with van der Waals surface area (Å²) in [6.45, 7) is 2.36. The number of H-pyrrole nitrogens is 1. The lowest BCUT2D eigenvalue weighted by molar-refractivity contribution is -0.179. The van der Waals surface area contributed by atoms with Gasteiger partial charge in [-0.05, 0) is 44.7 Å². The molecule has 3 amide bonds. The Morgan fingerprint density at radius 3 is 2.80 bits per heavy atom. The molecule has 4 aliphatic rings. The highest BCUT2D eigenvalue weighted by atomic mass is 19.3. The number of hydrogen-bond donors (Lipinski definition) is 3. The molecule has 3 aliphatic heterocycles. The third-order valence-electron chi connectivity index (χ3n) is 7.62. The minimum absolute atomic E-state index is 0.0975. The summed E-state index contributed by atoms with van der Waals surface area (Å²) in [4.78, 5) is 43.6. The normalized spacial score (nSPS) is 27.9. The number of nitriles is 1. The van der Waals surface area contributed by atoms with Gasteiger partial charge in [-0.25, -0.2) is 8.78 Å². The lowest BCUT2D eigenvalue weighted by Crippen LogP contribution is -2.68. The van der Waals surface area contributed by atoms with E-state index in [-0.39, 0.29) is 18.7 Å². The van der Waals surface area contributed by atoms with Gasteiger partial charge in [-0.1, -0.05) is 12.1 Å². The average molecular weight is 484 g/mol. The summed E-state index contributed by atoms with van der Waals surface area (Å²) in [6.07, 6.45) is 0.660. The molecule has 4 heterocycles. The number of amides is 3. The quantitative estimate of drug-likeness (QED) is 0.606. The number of aryl methyl sites for hydroxylation is 1. The molecule has 5 atom stereocenters. The summed E-state index contributed by atoms with van der Waals surface area (Å²) in [5.41, 5.74) is 1.78. The Morgan fingerprint density at radius 1 is 1.31 bits per heavy atom. The van der Waals surface area contributed by atoms with Crippen molar-refractivity contribution in [2.24, 2.45) is 11.8 Å². The summed E-state index contributed by atoms with van der Waals surface area (Å²) in [5.74, 6) is -6.29. The molecule has 0 unspecified atom stereocenters. The van der Waals surface area contributed by atoms with E-state index < -0.39 is 54.1 Å². The first-order chi connectivity index (χ1) is 16.7. The van der Waals surface area contributed by atoms with Crippen LogP contribution >= 0.6 is 0 Å². The second-order valence-electron chi connectivity index (χ2n) is 9.88. The number of fused-ring (bicyclic) bond motifs is 4. The maximum Gasteiger partial charge on any atom is 0.256 e. The maximum absolute atomic E-state index is 15.0. The van der Waals surface area contributed by atoms with Gasteiger partial charge in [-0.2, -0.15) is 5.26 Å². The number of rotatable bonds is 5. The molecule has 10 heteroatoms. The predicted molar refractivity (Wildman–Crippen MR) is 122 cm³/mol. The van der Waals surface area contributed by atoms with E-state index in [1.807, 2.05) is 25.1 Å². The first kappa shape index (κ1) is 23.3. The minimum atomic E-state index is -3.09. The molecule has 3 saturated heterocycles. The van der Waals surface area contributed by atoms with E-state index >= 15 is 0 Å². The Bertz CT molecular complexity index is 1240. The van der Waals surface area contributed by atoms with Crippen LogP contribution in [0.1, 0.15) is 48.2 Å². The van der Waals surface area contributed by atoms with Crippen molar-refractivity contribution < 1.29 is 23.2 Å². The average Bonchev–Trinajstić information content (AvgIpc) is 3.40. The van der Waals surface area contributed by atoms with E-state index in [0.29, 0.717) is 30.5 Å². The molecular formula is C25H27F2N5O3. The fraction of sp³-hybridized carbons (Fsp3) is 0.520. The van der Waals surface area contributed by atoms with Crippen LogP contribution in [0.15, 0.2) is 24.3 Å². The van der Waals surface area contributed by atoms with Crippen LogP contribution in [-0.2, 0) is 9.59 Å². The van der Waals surface area contributed by atoms with E-state index in [1.165, 1.54) is 4.90 Å². The second kappa shape index (κ2) is 8.63. The molecule has 4 fully saturated rings. The smallest absolute Gasteiger partial charge is 0.256 e. The zero-order chi connectivity index (χ0) is 24.9. The summed E-state index contributed by atoms with van der Waals surface area (Å²) in [6, 6.07) is 5.88. The zero-order valence-corrected chi connectivity index (χ0v) is 19.3. The molecule has 2 aromatic rings. The number of aromatic amines is 1. The molecule has 3 N–H and O–H groups in total. The van der Waals surface area contributed by atoms with Crippen LogP contribution in [0.2, 0.25) is 0 Å². The Hall–Kier alpha value is -3.48. The molecule has 2 bridgehead atoms. The molecule has 0 spiro atoms. The highest BCUT2D eigenvalue weighted by Crippen LogP contribution is 2.49. The van der Waals surface area contributed by atoms with Gasteiger partial charge in [-0.15, -0.1) is 0 Å². The zero-order valence-electron chi connectivity index (χ0n) is 19.3. The van der Waals surface area contributed by atoms with E-state index in [1.54, 1.807) is 12.1 Å². The van der Waals surface area contributed by atoms with Gasteiger partial charge in [0, 0.05) is 36.0 Å². The van der Waals surface area contributed by atoms with Crippen LogP contribution in [0.3, 0.4) is 0 Å². The number of benzene rings is 1. The fourth-order valence-electron chi connectivity index (χ4n) is 5.97. The molecule has 8 nitrogen and oxygen atoms in total. The van der Waals surface area contributed by atoms with Crippen LogP contribution < -0.4 is 10.6 Å². The van der Waals surface area contributed by atoms with Crippen molar-refractivity contribution in [2.45, 2.75) is 63.1 Å². The third kappa shape index (κ3) is 4.03. The summed E-state index contributed by atoms with van der Waals surface area (Å²) < 4.78 is 29.9. The van der Waals surface area contributed by atoms with Crippen molar-refractivity contribution >= 4 is 28.6 Å². The van der Waals surface area contributed by atoms with Crippen molar-refractivity contribution in [3.63, 3.8) is 0 Å². The molecule has 6 rings (SSSR count). The molecule has 1 saturated carbocycles. The standard InChI is InChI=1S/C25H27F2N5O3/c1-13-9-14-3-2-4-18(20(14)30-13)24(35)32-17-5-6-19(25(26,27)11-17)21(32)23(34)31-16(12-28)10-15-7-8-29-22(15)33/h2-4,9,15-17,19,21,30H,5-8,10-11H2,1H3,(H,29,33)(H,31,34)/t15-,16+,17+,19+,21+/m1/s1. The van der Waals surface area contributed by atoms with Gasteiger partial charge < -0.3 is 20.5 Å². The van der Waals surface area contributed by atoms with Crippen LogP contribution in [0.4, 0.5) is 8.78 Å². The van der Waals surface area contributed by atoms with Gasteiger partial charge in [0.1, 0.15) is 12.1 Å². The van der Waals surface area contributed by atoms with E-state index in [2.05, 4.69) is 15.6 Å². The number of carbonyl (C=O) groups is 3. The van der Waals surface area contributed by atoms with Gasteiger partial charge in [0.05, 0.1) is 23.1 Å². The van der Waals surface area contributed by atoms with E-state index in [4.69, 9.17) is 0 Å². The molecule has 0 radical (unpaired) electrons. The van der Waals surface area contributed by atoms with Crippen LogP contribution in [0, 0.1) is 30.1 Å². The van der Waals surface area contributed by atoms with Crippen LogP contribution in [0.5, 0.6) is 0 Å². The first-order valence-electron chi connectivity index (χ1n) is 12.0. The number of hydrogen-bond acceptors (Lipinski definition) is 4. The van der Waals surface area contributed by atoms with Crippen molar-refractivity contribution in [2.75, 3.05) is 6.54 Å². The lowest BCUT2D eigenvalue weighted by Gasteiger charge is -2.53. The molecule has 1 aliphatic carbocycles. The monoisotopic (exact) mass is 483 g/mol. The second-order valence-corrected chi connectivity index (χ2v) is 9.88. The predicted octanol–water partition coefficient (Wildman–Crippen LogP) is 2.64. The van der Waals surface area contributed by atoms with Crippen molar-refractivity contribution in [1.29, 1.82) is 5.26 Å².